The number of ether oxygens (including phenoxy) is 4. The van der Waals surface area contributed by atoms with Gasteiger partial charge in [-0.2, -0.15) is 0 Å². The molecule has 1 aromatic rings. The van der Waals surface area contributed by atoms with Crippen molar-refractivity contribution in [2.45, 2.75) is 43.4 Å². The van der Waals surface area contributed by atoms with Gasteiger partial charge in [0.2, 0.25) is 0 Å². The lowest BCUT2D eigenvalue weighted by atomic mass is 9.87. The van der Waals surface area contributed by atoms with E-state index < -0.39 is 36.5 Å². The summed E-state index contributed by atoms with van der Waals surface area (Å²) >= 11 is 0. The molecule has 6 heteroatoms. The predicted molar refractivity (Wildman–Crippen MR) is 72.3 cm³/mol. The zero-order valence-corrected chi connectivity index (χ0v) is 12.0. The number of hydrogen-bond acceptors (Lipinski definition) is 6. The van der Waals surface area contributed by atoms with Crippen LogP contribution in [0.25, 0.3) is 0 Å². The van der Waals surface area contributed by atoms with Crippen molar-refractivity contribution in [1.82, 2.24) is 0 Å². The van der Waals surface area contributed by atoms with Crippen LogP contribution >= 0.6 is 0 Å². The summed E-state index contributed by atoms with van der Waals surface area (Å²) in [5, 5.41) is 20.8. The average molecular weight is 296 g/mol. The van der Waals surface area contributed by atoms with Crippen molar-refractivity contribution in [2.24, 2.45) is 0 Å². The number of hydrogen-bond donors (Lipinski definition) is 2. The van der Waals surface area contributed by atoms with Crippen LogP contribution in [0.1, 0.15) is 18.8 Å². The number of aliphatic hydroxyl groups excluding tert-OH is 1. The molecule has 2 fully saturated rings. The molecule has 0 spiro atoms. The second kappa shape index (κ2) is 5.64. The maximum absolute atomic E-state index is 10.4. The van der Waals surface area contributed by atoms with Crippen LogP contribution in [0, 0.1) is 0 Å². The van der Waals surface area contributed by atoms with Gasteiger partial charge in [-0.15, -0.1) is 0 Å². The van der Waals surface area contributed by atoms with Gasteiger partial charge in [-0.25, -0.2) is 0 Å². The maximum Gasteiger partial charge on any atom is 0.188 e. The number of aliphatic hydroxyl groups is 2. The third-order valence-corrected chi connectivity index (χ3v) is 4.03. The van der Waals surface area contributed by atoms with Crippen LogP contribution in [0.15, 0.2) is 30.3 Å². The molecule has 2 aliphatic rings. The second-order valence-electron chi connectivity index (χ2n) is 5.59. The van der Waals surface area contributed by atoms with E-state index in [1.807, 2.05) is 30.3 Å². The van der Waals surface area contributed by atoms with Crippen LogP contribution in [0.5, 0.6) is 0 Å². The van der Waals surface area contributed by atoms with Gasteiger partial charge in [0.1, 0.15) is 23.9 Å². The molecule has 0 radical (unpaired) electrons. The quantitative estimate of drug-likeness (QED) is 0.831. The lowest BCUT2D eigenvalue weighted by Gasteiger charge is -2.50. The number of rotatable bonds is 2. The van der Waals surface area contributed by atoms with E-state index in [0.717, 1.165) is 5.56 Å². The van der Waals surface area contributed by atoms with E-state index in [1.54, 1.807) is 0 Å². The first-order chi connectivity index (χ1) is 10.0. The average Bonchev–Trinajstić information content (AvgIpc) is 2.51. The molecule has 3 rings (SSSR count). The number of fused-ring (bicyclic) bond motifs is 1. The SMILES string of the molecule is CO[C@H]1O[C@@H]2COC(c3ccccc3)O[C@H]2[C@H](O)[C@@]1(C)O. The van der Waals surface area contributed by atoms with E-state index in [0.29, 0.717) is 0 Å². The molecular weight excluding hydrogens is 276 g/mol. The largest absolute Gasteiger partial charge is 0.387 e. The fourth-order valence-electron chi connectivity index (χ4n) is 2.79. The van der Waals surface area contributed by atoms with Gasteiger partial charge in [0.15, 0.2) is 12.6 Å². The molecule has 21 heavy (non-hydrogen) atoms. The minimum Gasteiger partial charge on any atom is -0.387 e. The predicted octanol–water partition coefficient (Wildman–Crippen LogP) is 0.584. The molecule has 0 aliphatic carbocycles. The zero-order chi connectivity index (χ0) is 15.0. The first-order valence-electron chi connectivity index (χ1n) is 6.94. The van der Waals surface area contributed by atoms with E-state index in [1.165, 1.54) is 14.0 Å². The molecule has 0 aromatic heterocycles. The van der Waals surface area contributed by atoms with E-state index >= 15 is 0 Å². The summed E-state index contributed by atoms with van der Waals surface area (Å²) in [7, 11) is 1.42. The molecule has 2 saturated heterocycles. The van der Waals surface area contributed by atoms with Crippen molar-refractivity contribution in [3.05, 3.63) is 35.9 Å². The molecule has 2 aliphatic heterocycles. The topological polar surface area (TPSA) is 77.4 Å². The first kappa shape index (κ1) is 14.9. The fourth-order valence-corrected chi connectivity index (χ4v) is 2.79. The molecular formula is C15H20O6. The Bertz CT molecular complexity index is 476. The molecule has 0 amide bonds. The van der Waals surface area contributed by atoms with Gasteiger partial charge in [0.05, 0.1) is 6.61 Å². The molecule has 6 nitrogen and oxygen atoms in total. The highest BCUT2D eigenvalue weighted by atomic mass is 16.8. The van der Waals surface area contributed by atoms with Gasteiger partial charge in [-0.1, -0.05) is 30.3 Å². The van der Waals surface area contributed by atoms with E-state index in [2.05, 4.69) is 0 Å². The standard InChI is InChI=1S/C15H20O6/c1-15(17)12(16)11-10(20-14(15)18-2)8-19-13(21-11)9-6-4-3-5-7-9/h3-7,10-14,16-17H,8H2,1-2H3/t10-,11-,12+,13?,14+,15-/m1/s1. The van der Waals surface area contributed by atoms with Gasteiger partial charge in [0, 0.05) is 12.7 Å². The van der Waals surface area contributed by atoms with Gasteiger partial charge >= 0.3 is 0 Å². The molecule has 2 N–H and O–H groups in total. The molecule has 2 heterocycles. The Kier molecular flexibility index (Phi) is 4.00. The summed E-state index contributed by atoms with van der Waals surface area (Å²) in [6, 6.07) is 9.45. The Labute approximate surface area is 123 Å². The zero-order valence-electron chi connectivity index (χ0n) is 12.0. The third kappa shape index (κ3) is 2.59. The Balaban J connectivity index is 1.79. The van der Waals surface area contributed by atoms with Crippen LogP contribution < -0.4 is 0 Å². The fraction of sp³-hybridized carbons (Fsp3) is 0.600. The molecule has 0 saturated carbocycles. The summed E-state index contributed by atoms with van der Waals surface area (Å²) in [5.41, 5.74) is -0.689. The van der Waals surface area contributed by atoms with Gasteiger partial charge in [0.25, 0.3) is 0 Å². The van der Waals surface area contributed by atoms with Crippen LogP contribution in [-0.4, -0.2) is 54.1 Å². The van der Waals surface area contributed by atoms with Crippen molar-refractivity contribution >= 4 is 0 Å². The molecule has 0 bridgehead atoms. The Hall–Kier alpha value is -1.02. The van der Waals surface area contributed by atoms with Crippen molar-refractivity contribution in [1.29, 1.82) is 0 Å². The van der Waals surface area contributed by atoms with Crippen LogP contribution in [0.4, 0.5) is 0 Å². The smallest absolute Gasteiger partial charge is 0.188 e. The summed E-state index contributed by atoms with van der Waals surface area (Å²) in [6.45, 7) is 1.73. The lowest BCUT2D eigenvalue weighted by Crippen LogP contribution is -2.67. The molecule has 6 atom stereocenters. The van der Waals surface area contributed by atoms with E-state index in [9.17, 15) is 10.2 Å². The van der Waals surface area contributed by atoms with Crippen LogP contribution in [0.2, 0.25) is 0 Å². The van der Waals surface area contributed by atoms with Crippen LogP contribution in [-0.2, 0) is 18.9 Å². The Morgan fingerprint density at radius 1 is 1.24 bits per heavy atom. The maximum atomic E-state index is 10.4. The first-order valence-corrected chi connectivity index (χ1v) is 6.94. The number of methoxy groups -OCH3 is 1. The second-order valence-corrected chi connectivity index (χ2v) is 5.59. The highest BCUT2D eigenvalue weighted by Crippen LogP contribution is 2.37. The van der Waals surface area contributed by atoms with E-state index in [-0.39, 0.29) is 6.61 Å². The van der Waals surface area contributed by atoms with Gasteiger partial charge in [-0.3, -0.25) is 0 Å². The Morgan fingerprint density at radius 3 is 2.62 bits per heavy atom. The summed E-state index contributed by atoms with van der Waals surface area (Å²) in [6.07, 6.45) is -3.79. The summed E-state index contributed by atoms with van der Waals surface area (Å²) in [4.78, 5) is 0. The lowest BCUT2D eigenvalue weighted by molar-refractivity contribution is -0.380. The van der Waals surface area contributed by atoms with Crippen LogP contribution in [0.3, 0.4) is 0 Å². The highest BCUT2D eigenvalue weighted by molar-refractivity contribution is 5.16. The monoisotopic (exact) mass is 296 g/mol. The highest BCUT2D eigenvalue weighted by Gasteiger charge is 2.55. The molecule has 1 aromatic carbocycles. The van der Waals surface area contributed by atoms with Gasteiger partial charge < -0.3 is 29.2 Å². The normalized spacial score (nSPS) is 43.3. The van der Waals surface area contributed by atoms with E-state index in [4.69, 9.17) is 18.9 Å². The van der Waals surface area contributed by atoms with Crippen molar-refractivity contribution < 1.29 is 29.2 Å². The summed E-state index contributed by atoms with van der Waals surface area (Å²) < 4.78 is 22.2. The Morgan fingerprint density at radius 2 is 1.95 bits per heavy atom. The van der Waals surface area contributed by atoms with Crippen molar-refractivity contribution in [2.75, 3.05) is 13.7 Å². The number of benzene rings is 1. The van der Waals surface area contributed by atoms with Gasteiger partial charge in [-0.05, 0) is 6.92 Å². The minimum absolute atomic E-state index is 0.261. The molecule has 116 valence electrons. The third-order valence-electron chi connectivity index (χ3n) is 4.03. The minimum atomic E-state index is -1.55. The van der Waals surface area contributed by atoms with Crippen molar-refractivity contribution in [3.8, 4) is 0 Å². The summed E-state index contributed by atoms with van der Waals surface area (Å²) in [5.74, 6) is 0. The molecule has 1 unspecified atom stereocenters. The van der Waals surface area contributed by atoms with Crippen molar-refractivity contribution in [3.63, 3.8) is 0 Å².